The number of aromatic nitrogens is 1. The lowest BCUT2D eigenvalue weighted by atomic mass is 9.93. The van der Waals surface area contributed by atoms with E-state index in [0.29, 0.717) is 32.6 Å². The number of thiazole rings is 1. The number of pyridine rings is 1. The number of hydrogen-bond acceptors (Lipinski definition) is 4. The van der Waals surface area contributed by atoms with Crippen LogP contribution in [0, 0.1) is 0 Å². The summed E-state index contributed by atoms with van der Waals surface area (Å²) >= 11 is 1.11. The first-order chi connectivity index (χ1) is 17.2. The van der Waals surface area contributed by atoms with Crippen LogP contribution in [0.2, 0.25) is 0 Å². The largest absolute Gasteiger partial charge is 0.421 e. The number of fused-ring (bicyclic) bond motifs is 4. The number of hydrogen-bond donors (Lipinski definition) is 0. The molecule has 0 unspecified atom stereocenters. The van der Waals surface area contributed by atoms with Crippen molar-refractivity contribution in [2.45, 2.75) is 12.6 Å². The summed E-state index contributed by atoms with van der Waals surface area (Å²) in [6.07, 6.45) is -4.22. The quantitative estimate of drug-likeness (QED) is 0.297. The third-order valence-corrected chi connectivity index (χ3v) is 7.50. The molecule has 0 N–H and O–H groups in total. The van der Waals surface area contributed by atoms with Gasteiger partial charge >= 0.3 is 11.8 Å². The number of benzene rings is 3. The predicted molar refractivity (Wildman–Crippen MR) is 136 cm³/mol. The minimum Gasteiger partial charge on any atom is -0.421 e. The zero-order valence-electron chi connectivity index (χ0n) is 18.6. The molecule has 0 fully saturated rings. The van der Waals surface area contributed by atoms with Crippen LogP contribution in [-0.4, -0.2) is 4.40 Å². The van der Waals surface area contributed by atoms with Crippen molar-refractivity contribution in [1.29, 1.82) is 0 Å². The molecular formula is C28H16F3NO3S. The van der Waals surface area contributed by atoms with Crippen molar-refractivity contribution in [1.82, 2.24) is 4.40 Å². The summed E-state index contributed by atoms with van der Waals surface area (Å²) in [5.74, 6) is 0. The second-order valence-electron chi connectivity index (χ2n) is 8.51. The highest BCUT2D eigenvalue weighted by Gasteiger charge is 2.31. The summed E-state index contributed by atoms with van der Waals surface area (Å²) in [5, 5.41) is 2.00. The second-order valence-corrected chi connectivity index (χ2v) is 9.51. The van der Waals surface area contributed by atoms with Crippen LogP contribution in [0.1, 0.15) is 16.7 Å². The Morgan fingerprint density at radius 1 is 0.917 bits per heavy atom. The van der Waals surface area contributed by atoms with Crippen LogP contribution in [-0.2, 0) is 12.6 Å². The molecule has 3 aromatic heterocycles. The van der Waals surface area contributed by atoms with Gasteiger partial charge in [0.05, 0.1) is 5.56 Å². The van der Waals surface area contributed by atoms with E-state index in [-0.39, 0.29) is 10.9 Å². The molecule has 6 rings (SSSR count). The first kappa shape index (κ1) is 22.3. The molecule has 0 atom stereocenters. The van der Waals surface area contributed by atoms with Crippen molar-refractivity contribution in [3.8, 4) is 11.1 Å². The maximum absolute atomic E-state index is 13.6. The van der Waals surface area contributed by atoms with Gasteiger partial charge in [-0.15, -0.1) is 11.3 Å². The molecule has 3 heterocycles. The van der Waals surface area contributed by atoms with Gasteiger partial charge in [-0.3, -0.25) is 9.20 Å². The Morgan fingerprint density at radius 2 is 1.67 bits per heavy atom. The van der Waals surface area contributed by atoms with Crippen LogP contribution >= 0.6 is 11.3 Å². The molecule has 0 bridgehead atoms. The van der Waals surface area contributed by atoms with Gasteiger partial charge in [0, 0.05) is 11.6 Å². The highest BCUT2D eigenvalue weighted by molar-refractivity contribution is 7.24. The summed E-state index contributed by atoms with van der Waals surface area (Å²) in [7, 11) is 0. The zero-order chi connectivity index (χ0) is 25.2. The fourth-order valence-corrected chi connectivity index (χ4v) is 5.96. The van der Waals surface area contributed by atoms with Gasteiger partial charge < -0.3 is 4.42 Å². The molecule has 0 aliphatic heterocycles. The fourth-order valence-electron chi connectivity index (χ4n) is 4.72. The Bertz CT molecular complexity index is 1980. The lowest BCUT2D eigenvalue weighted by Crippen LogP contribution is -2.16. The van der Waals surface area contributed by atoms with Crippen molar-refractivity contribution in [3.05, 3.63) is 116 Å². The lowest BCUT2D eigenvalue weighted by Gasteiger charge is -2.15. The van der Waals surface area contributed by atoms with Gasteiger partial charge in [-0.05, 0) is 46.0 Å². The Balaban J connectivity index is 1.70. The molecule has 0 aliphatic carbocycles. The van der Waals surface area contributed by atoms with Gasteiger partial charge in [0.15, 0.2) is 5.52 Å². The van der Waals surface area contributed by atoms with Gasteiger partial charge in [-0.25, -0.2) is 4.79 Å². The molecule has 6 aromatic rings. The molecule has 3 aromatic carbocycles. The smallest absolute Gasteiger partial charge is 0.416 e. The van der Waals surface area contributed by atoms with Crippen molar-refractivity contribution >= 4 is 43.7 Å². The average Bonchev–Trinajstić information content (AvgIpc) is 3.37. The Kier molecular flexibility index (Phi) is 4.91. The summed E-state index contributed by atoms with van der Waals surface area (Å²) in [5.41, 5.74) is 0.468. The summed E-state index contributed by atoms with van der Waals surface area (Å²) in [6.45, 7) is 3.75. The van der Waals surface area contributed by atoms with Crippen LogP contribution in [0.4, 0.5) is 13.2 Å². The van der Waals surface area contributed by atoms with Crippen molar-refractivity contribution in [2.24, 2.45) is 0 Å². The van der Waals surface area contributed by atoms with E-state index in [9.17, 15) is 22.8 Å². The third-order valence-electron chi connectivity index (χ3n) is 6.30. The molecule has 0 saturated carbocycles. The number of alkyl halides is 3. The Hall–Kier alpha value is -4.17. The standard InChI is InChI=1S/C28H16F3NO3S/c1-15-25-24(27(34)35-15)32-22(33)14-19(12-17-8-4-7-16-6-2-3-11-21(16)17)23(26(32)36-25)18-9-5-10-20(13-18)28(29,30)31/h2-11,13-14H,1,12H2. The highest BCUT2D eigenvalue weighted by Crippen LogP contribution is 2.38. The van der Waals surface area contributed by atoms with Crippen molar-refractivity contribution in [3.63, 3.8) is 0 Å². The molecule has 0 amide bonds. The van der Waals surface area contributed by atoms with E-state index in [2.05, 4.69) is 6.58 Å². The van der Waals surface area contributed by atoms with E-state index < -0.39 is 22.9 Å². The zero-order valence-corrected chi connectivity index (χ0v) is 19.4. The molecule has 36 heavy (non-hydrogen) atoms. The molecular weight excluding hydrogens is 487 g/mol. The average molecular weight is 504 g/mol. The van der Waals surface area contributed by atoms with E-state index in [1.54, 1.807) is 6.07 Å². The minimum absolute atomic E-state index is 0.0509. The SMILES string of the molecule is C=c1oc(=O)c2c1sc1c(-c3cccc(C(F)(F)F)c3)c(Cc3cccc4ccccc34)cc(=O)n12. The monoisotopic (exact) mass is 503 g/mol. The predicted octanol–water partition coefficient (Wildman–Crippen LogP) is 6.03. The van der Waals surface area contributed by atoms with Crippen molar-refractivity contribution in [2.75, 3.05) is 0 Å². The van der Waals surface area contributed by atoms with Crippen LogP contribution in [0.25, 0.3) is 43.5 Å². The number of halogens is 3. The van der Waals surface area contributed by atoms with Crippen LogP contribution in [0.3, 0.4) is 0 Å². The van der Waals surface area contributed by atoms with E-state index in [4.69, 9.17) is 4.42 Å². The molecule has 0 aliphatic rings. The van der Waals surface area contributed by atoms with Gasteiger partial charge in [-0.2, -0.15) is 13.2 Å². The van der Waals surface area contributed by atoms with E-state index >= 15 is 0 Å². The van der Waals surface area contributed by atoms with Gasteiger partial charge in [0.25, 0.3) is 5.56 Å². The maximum atomic E-state index is 13.6. The van der Waals surface area contributed by atoms with Gasteiger partial charge in [0.2, 0.25) is 0 Å². The highest BCUT2D eigenvalue weighted by atomic mass is 32.1. The summed E-state index contributed by atoms with van der Waals surface area (Å²) in [6, 6.07) is 20.0. The van der Waals surface area contributed by atoms with E-state index in [1.807, 2.05) is 42.5 Å². The first-order valence-electron chi connectivity index (χ1n) is 11.0. The van der Waals surface area contributed by atoms with Crippen LogP contribution in [0.5, 0.6) is 0 Å². The molecule has 0 radical (unpaired) electrons. The van der Waals surface area contributed by atoms with Crippen LogP contribution < -0.4 is 16.6 Å². The lowest BCUT2D eigenvalue weighted by molar-refractivity contribution is -0.137. The molecule has 8 heteroatoms. The number of furan rings is 1. The molecule has 0 saturated heterocycles. The molecule has 0 spiro atoms. The fraction of sp³-hybridized carbons (Fsp3) is 0.0714. The topological polar surface area (TPSA) is 51.7 Å². The van der Waals surface area contributed by atoms with Crippen molar-refractivity contribution < 1.29 is 17.6 Å². The molecule has 4 nitrogen and oxygen atoms in total. The summed E-state index contributed by atoms with van der Waals surface area (Å²) < 4.78 is 47.5. The number of nitrogens with zero attached hydrogens (tertiary/aromatic N) is 1. The maximum Gasteiger partial charge on any atom is 0.416 e. The van der Waals surface area contributed by atoms with E-state index in [1.165, 1.54) is 16.5 Å². The van der Waals surface area contributed by atoms with Gasteiger partial charge in [-0.1, -0.05) is 61.2 Å². The Morgan fingerprint density at radius 3 is 2.47 bits per heavy atom. The second kappa shape index (κ2) is 7.93. The summed E-state index contributed by atoms with van der Waals surface area (Å²) in [4.78, 5) is 26.1. The van der Waals surface area contributed by atoms with Crippen LogP contribution in [0.15, 0.2) is 86.8 Å². The molecule has 178 valence electrons. The minimum atomic E-state index is -4.54. The Labute approximate surface area is 205 Å². The normalized spacial score (nSPS) is 12.2. The third kappa shape index (κ3) is 3.45. The van der Waals surface area contributed by atoms with E-state index in [0.717, 1.165) is 39.8 Å². The van der Waals surface area contributed by atoms with Gasteiger partial charge in [0.1, 0.15) is 14.9 Å². The number of rotatable bonds is 3. The first-order valence-corrected chi connectivity index (χ1v) is 11.8.